The smallest absolute Gasteiger partial charge is 0.340 e. The highest BCUT2D eigenvalue weighted by Gasteiger charge is 2.17. The first-order chi connectivity index (χ1) is 14.8. The molecule has 0 aliphatic rings. The normalized spacial score (nSPS) is 10.4. The van der Waals surface area contributed by atoms with E-state index in [1.807, 2.05) is 0 Å². The van der Waals surface area contributed by atoms with Crippen LogP contribution >= 0.6 is 11.6 Å². The minimum absolute atomic E-state index is 0.00236. The first-order valence-electron chi connectivity index (χ1n) is 8.85. The number of ether oxygens (including phenoxy) is 1. The molecule has 1 amide bonds. The molecule has 0 bridgehead atoms. The van der Waals surface area contributed by atoms with E-state index in [1.54, 1.807) is 19.1 Å². The van der Waals surface area contributed by atoms with E-state index in [0.717, 1.165) is 0 Å². The van der Waals surface area contributed by atoms with Gasteiger partial charge in [-0.3, -0.25) is 19.7 Å². The number of amides is 1. The number of non-ortho nitro benzene ring substituents is 1. The molecule has 0 aliphatic carbocycles. The van der Waals surface area contributed by atoms with E-state index in [1.165, 1.54) is 36.4 Å². The van der Waals surface area contributed by atoms with Crippen LogP contribution in [0.4, 0.5) is 11.4 Å². The Morgan fingerprint density at radius 3 is 2.65 bits per heavy atom. The molecule has 31 heavy (non-hydrogen) atoms. The number of nitro groups is 1. The highest BCUT2D eigenvalue weighted by molar-refractivity contribution is 6.33. The van der Waals surface area contributed by atoms with Gasteiger partial charge >= 0.3 is 5.97 Å². The number of hydrogen-bond donors (Lipinski definition) is 1. The van der Waals surface area contributed by atoms with Crippen LogP contribution < -0.4 is 5.32 Å². The summed E-state index contributed by atoms with van der Waals surface area (Å²) in [5.41, 5.74) is 1.15. The Kier molecular flexibility index (Phi) is 6.46. The number of esters is 1. The molecule has 0 saturated carbocycles. The van der Waals surface area contributed by atoms with Gasteiger partial charge in [0.05, 0.1) is 21.2 Å². The molecule has 0 atom stereocenters. The maximum absolute atomic E-state index is 12.4. The molecule has 0 spiro atoms. The van der Waals surface area contributed by atoms with Gasteiger partial charge < -0.3 is 14.5 Å². The summed E-state index contributed by atoms with van der Waals surface area (Å²) in [7, 11) is 0. The van der Waals surface area contributed by atoms with Crippen molar-refractivity contribution in [2.24, 2.45) is 0 Å². The molecule has 10 heteroatoms. The Morgan fingerprint density at radius 2 is 1.97 bits per heavy atom. The molecule has 0 unspecified atom stereocenters. The van der Waals surface area contributed by atoms with E-state index in [9.17, 15) is 24.5 Å². The van der Waals surface area contributed by atoms with Gasteiger partial charge in [0, 0.05) is 17.7 Å². The van der Waals surface area contributed by atoms with Crippen molar-refractivity contribution in [3.05, 3.63) is 80.6 Å². The molecule has 0 radical (unpaired) electrons. The number of rotatable bonds is 7. The number of nitrogens with one attached hydrogen (secondary N) is 1. The van der Waals surface area contributed by atoms with Gasteiger partial charge in [0.15, 0.2) is 18.7 Å². The molecular weight excluding hydrogens is 428 g/mol. The standard InChI is InChI=1S/C21H15ClN2O7/c1-12-2-4-14(24(28)29)9-18(12)23-20(26)11-30-21(27)16-8-13(3-6-17(16)22)19-7-5-15(10-25)31-19/h2-10H,11H2,1H3,(H,23,26). The van der Waals surface area contributed by atoms with Crippen LogP contribution in [-0.2, 0) is 9.53 Å². The molecule has 158 valence electrons. The van der Waals surface area contributed by atoms with Crippen LogP contribution in [0.5, 0.6) is 0 Å². The van der Waals surface area contributed by atoms with Crippen molar-refractivity contribution >= 4 is 41.1 Å². The number of nitrogens with zero attached hydrogens (tertiary/aromatic N) is 1. The fourth-order valence-electron chi connectivity index (χ4n) is 2.66. The van der Waals surface area contributed by atoms with Crippen LogP contribution in [-0.4, -0.2) is 29.7 Å². The van der Waals surface area contributed by atoms with Crippen molar-refractivity contribution in [3.63, 3.8) is 0 Å². The Hall–Kier alpha value is -3.98. The van der Waals surface area contributed by atoms with Crippen molar-refractivity contribution in [3.8, 4) is 11.3 Å². The number of anilines is 1. The largest absolute Gasteiger partial charge is 0.453 e. The zero-order valence-corrected chi connectivity index (χ0v) is 16.8. The summed E-state index contributed by atoms with van der Waals surface area (Å²) in [6.45, 7) is 1.04. The van der Waals surface area contributed by atoms with Crippen molar-refractivity contribution in [1.29, 1.82) is 0 Å². The molecule has 1 heterocycles. The summed E-state index contributed by atoms with van der Waals surface area (Å²) in [6, 6.07) is 11.6. The van der Waals surface area contributed by atoms with Gasteiger partial charge in [-0.15, -0.1) is 0 Å². The van der Waals surface area contributed by atoms with Crippen LogP contribution in [0.15, 0.2) is 52.9 Å². The fourth-order valence-corrected chi connectivity index (χ4v) is 2.85. The summed E-state index contributed by atoms with van der Waals surface area (Å²) in [5, 5.41) is 13.5. The number of aldehydes is 1. The van der Waals surface area contributed by atoms with Gasteiger partial charge in [-0.05, 0) is 42.8 Å². The van der Waals surface area contributed by atoms with Gasteiger partial charge in [-0.2, -0.15) is 0 Å². The summed E-state index contributed by atoms with van der Waals surface area (Å²) < 4.78 is 10.3. The number of aryl methyl sites for hydroxylation is 1. The maximum atomic E-state index is 12.4. The fraction of sp³-hybridized carbons (Fsp3) is 0.0952. The lowest BCUT2D eigenvalue weighted by molar-refractivity contribution is -0.384. The van der Waals surface area contributed by atoms with Crippen LogP contribution in [0.1, 0.15) is 26.5 Å². The quantitative estimate of drug-likeness (QED) is 0.248. The lowest BCUT2D eigenvalue weighted by Crippen LogP contribution is -2.21. The third-order valence-corrected chi connectivity index (χ3v) is 4.58. The van der Waals surface area contributed by atoms with Gasteiger partial charge in [0.2, 0.25) is 0 Å². The van der Waals surface area contributed by atoms with Crippen LogP contribution in [0.25, 0.3) is 11.3 Å². The van der Waals surface area contributed by atoms with E-state index in [-0.39, 0.29) is 27.7 Å². The number of nitro benzene ring substituents is 1. The van der Waals surface area contributed by atoms with Crippen molar-refractivity contribution in [2.45, 2.75) is 6.92 Å². The topological polar surface area (TPSA) is 129 Å². The van der Waals surface area contributed by atoms with Gasteiger partial charge in [-0.25, -0.2) is 4.79 Å². The second-order valence-electron chi connectivity index (χ2n) is 6.40. The summed E-state index contributed by atoms with van der Waals surface area (Å²) in [5.74, 6) is -1.04. The monoisotopic (exact) mass is 442 g/mol. The third kappa shape index (κ3) is 5.14. The number of halogens is 1. The number of furan rings is 1. The molecule has 0 aliphatic heterocycles. The van der Waals surface area contributed by atoms with Gasteiger partial charge in [0.1, 0.15) is 5.76 Å². The Bertz CT molecular complexity index is 1190. The van der Waals surface area contributed by atoms with Gasteiger partial charge in [0.25, 0.3) is 11.6 Å². The Labute approximate surface area is 180 Å². The SMILES string of the molecule is Cc1ccc([N+](=O)[O-])cc1NC(=O)COC(=O)c1cc(-c2ccc(C=O)o2)ccc1Cl. The van der Waals surface area contributed by atoms with Crippen molar-refractivity contribution < 1.29 is 28.5 Å². The van der Waals surface area contributed by atoms with Crippen LogP contribution in [0.2, 0.25) is 5.02 Å². The predicted molar refractivity (Wildman–Crippen MR) is 111 cm³/mol. The van der Waals surface area contributed by atoms with Crippen LogP contribution in [0, 0.1) is 17.0 Å². The predicted octanol–water partition coefficient (Wildman–Crippen LogP) is 4.42. The minimum atomic E-state index is -0.847. The van der Waals surface area contributed by atoms with E-state index < -0.39 is 23.4 Å². The second-order valence-corrected chi connectivity index (χ2v) is 6.80. The lowest BCUT2D eigenvalue weighted by atomic mass is 10.1. The number of hydrogen-bond acceptors (Lipinski definition) is 7. The average molecular weight is 443 g/mol. The molecule has 3 aromatic rings. The molecule has 1 aromatic heterocycles. The van der Waals surface area contributed by atoms with E-state index >= 15 is 0 Å². The molecule has 3 rings (SSSR count). The number of carbonyl (C=O) groups excluding carboxylic acids is 3. The Morgan fingerprint density at radius 1 is 1.19 bits per heavy atom. The maximum Gasteiger partial charge on any atom is 0.340 e. The second kappa shape index (κ2) is 9.23. The summed E-state index contributed by atoms with van der Waals surface area (Å²) in [4.78, 5) is 45.6. The van der Waals surface area contributed by atoms with Gasteiger partial charge in [-0.1, -0.05) is 17.7 Å². The first-order valence-corrected chi connectivity index (χ1v) is 9.23. The Balaban J connectivity index is 1.68. The third-order valence-electron chi connectivity index (χ3n) is 4.25. The minimum Gasteiger partial charge on any atom is -0.453 e. The molecule has 2 aromatic carbocycles. The van der Waals surface area contributed by atoms with E-state index in [4.69, 9.17) is 20.8 Å². The molecular formula is C21H15ClN2O7. The zero-order valence-electron chi connectivity index (χ0n) is 16.1. The molecule has 9 nitrogen and oxygen atoms in total. The molecule has 0 saturated heterocycles. The first kappa shape index (κ1) is 21.7. The van der Waals surface area contributed by atoms with Crippen molar-refractivity contribution in [2.75, 3.05) is 11.9 Å². The molecule has 0 fully saturated rings. The van der Waals surface area contributed by atoms with Crippen LogP contribution in [0.3, 0.4) is 0 Å². The zero-order chi connectivity index (χ0) is 22.5. The van der Waals surface area contributed by atoms with E-state index in [0.29, 0.717) is 23.2 Å². The number of carbonyl (C=O) groups is 3. The number of benzene rings is 2. The highest BCUT2D eigenvalue weighted by atomic mass is 35.5. The average Bonchev–Trinajstić information content (AvgIpc) is 3.23. The summed E-state index contributed by atoms with van der Waals surface area (Å²) >= 11 is 6.07. The van der Waals surface area contributed by atoms with Crippen molar-refractivity contribution in [1.82, 2.24) is 0 Å². The lowest BCUT2D eigenvalue weighted by Gasteiger charge is -2.10. The van der Waals surface area contributed by atoms with E-state index in [2.05, 4.69) is 5.32 Å². The highest BCUT2D eigenvalue weighted by Crippen LogP contribution is 2.27. The summed E-state index contributed by atoms with van der Waals surface area (Å²) in [6.07, 6.45) is 0.552. The molecule has 1 N–H and O–H groups in total.